The molecule has 0 unspecified atom stereocenters. The molecule has 2 aromatic carbocycles. The number of para-hydroxylation sites is 1. The highest BCUT2D eigenvalue weighted by molar-refractivity contribution is 6.30. The van der Waals surface area contributed by atoms with E-state index in [1.807, 2.05) is 47.4 Å². The molecule has 0 saturated carbocycles. The van der Waals surface area contributed by atoms with Crippen molar-refractivity contribution in [1.29, 1.82) is 0 Å². The van der Waals surface area contributed by atoms with Crippen LogP contribution in [0.5, 0.6) is 5.75 Å². The molecule has 0 bridgehead atoms. The summed E-state index contributed by atoms with van der Waals surface area (Å²) in [6, 6.07) is 16.9. The van der Waals surface area contributed by atoms with E-state index in [0.717, 1.165) is 24.2 Å². The molecule has 1 N–H and O–H groups in total. The van der Waals surface area contributed by atoms with Crippen LogP contribution in [0.1, 0.15) is 24.8 Å². The molecule has 0 atom stereocenters. The van der Waals surface area contributed by atoms with Gasteiger partial charge in [0.2, 0.25) is 11.8 Å². The highest BCUT2D eigenvalue weighted by Crippen LogP contribution is 2.14. The number of likely N-dealkylation sites (tertiary alicyclic amines) is 1. The Balaban J connectivity index is 1.34. The smallest absolute Gasteiger partial charge is 0.225 e. The Morgan fingerprint density at radius 1 is 1.04 bits per heavy atom. The molecule has 148 valence electrons. The van der Waals surface area contributed by atoms with E-state index in [1.165, 1.54) is 0 Å². The number of piperidine rings is 1. The molecule has 6 heteroatoms. The van der Waals surface area contributed by atoms with Gasteiger partial charge in [0.05, 0.1) is 19.4 Å². The van der Waals surface area contributed by atoms with Crippen LogP contribution in [0, 0.1) is 0 Å². The van der Waals surface area contributed by atoms with Crippen LogP contribution in [0.2, 0.25) is 5.02 Å². The zero-order chi connectivity index (χ0) is 19.8. The fraction of sp³-hybridized carbons (Fsp3) is 0.364. The zero-order valence-electron chi connectivity index (χ0n) is 15.8. The van der Waals surface area contributed by atoms with Gasteiger partial charge in [-0.1, -0.05) is 41.9 Å². The fourth-order valence-electron chi connectivity index (χ4n) is 3.27. The summed E-state index contributed by atoms with van der Waals surface area (Å²) in [6.45, 7) is 1.70. The number of carbonyl (C=O) groups is 2. The number of halogens is 1. The summed E-state index contributed by atoms with van der Waals surface area (Å²) in [7, 11) is 0. The highest BCUT2D eigenvalue weighted by Gasteiger charge is 2.23. The molecule has 28 heavy (non-hydrogen) atoms. The van der Waals surface area contributed by atoms with Crippen LogP contribution in [0.3, 0.4) is 0 Å². The first-order valence-electron chi connectivity index (χ1n) is 9.59. The third-order valence-corrected chi connectivity index (χ3v) is 5.07. The van der Waals surface area contributed by atoms with E-state index in [9.17, 15) is 9.59 Å². The lowest BCUT2D eigenvalue weighted by atomic mass is 10.0. The number of benzene rings is 2. The number of hydrogen-bond donors (Lipinski definition) is 1. The van der Waals surface area contributed by atoms with Crippen molar-refractivity contribution in [2.45, 2.75) is 31.7 Å². The van der Waals surface area contributed by atoms with Crippen LogP contribution in [0.4, 0.5) is 0 Å². The lowest BCUT2D eigenvalue weighted by Crippen LogP contribution is -2.47. The van der Waals surface area contributed by atoms with Crippen molar-refractivity contribution in [3.05, 3.63) is 65.2 Å². The SMILES string of the molecule is O=C(Cc1ccc(Cl)cc1)NC1CCN(C(=O)CCOc2ccccc2)CC1. The van der Waals surface area contributed by atoms with Gasteiger partial charge in [-0.25, -0.2) is 0 Å². The molecule has 0 aromatic heterocycles. The van der Waals surface area contributed by atoms with Crippen molar-refractivity contribution in [2.24, 2.45) is 0 Å². The van der Waals surface area contributed by atoms with Gasteiger partial charge in [0.1, 0.15) is 5.75 Å². The molecule has 3 rings (SSSR count). The van der Waals surface area contributed by atoms with Gasteiger partial charge in [-0.05, 0) is 42.7 Å². The number of carbonyl (C=O) groups excluding carboxylic acids is 2. The van der Waals surface area contributed by atoms with Gasteiger partial charge in [0, 0.05) is 24.2 Å². The molecular formula is C22H25ClN2O3. The number of rotatable bonds is 7. The van der Waals surface area contributed by atoms with E-state index in [4.69, 9.17) is 16.3 Å². The molecule has 2 amide bonds. The van der Waals surface area contributed by atoms with Gasteiger partial charge in [-0.3, -0.25) is 9.59 Å². The first-order chi connectivity index (χ1) is 13.6. The maximum Gasteiger partial charge on any atom is 0.225 e. The maximum absolute atomic E-state index is 12.3. The Labute approximate surface area is 170 Å². The summed E-state index contributed by atoms with van der Waals surface area (Å²) in [5.41, 5.74) is 0.938. The lowest BCUT2D eigenvalue weighted by molar-refractivity contribution is -0.132. The summed E-state index contributed by atoms with van der Waals surface area (Å²) in [5, 5.41) is 3.73. The van der Waals surface area contributed by atoms with Crippen LogP contribution in [0.25, 0.3) is 0 Å². The predicted molar refractivity (Wildman–Crippen MR) is 109 cm³/mol. The number of nitrogens with one attached hydrogen (secondary N) is 1. The van der Waals surface area contributed by atoms with Crippen molar-refractivity contribution in [3.8, 4) is 5.75 Å². The Kier molecular flexibility index (Phi) is 7.31. The first kappa shape index (κ1) is 20.2. The fourth-order valence-corrected chi connectivity index (χ4v) is 3.40. The molecule has 1 fully saturated rings. The second-order valence-electron chi connectivity index (χ2n) is 6.94. The van der Waals surface area contributed by atoms with Gasteiger partial charge < -0.3 is 15.0 Å². The second kappa shape index (κ2) is 10.1. The quantitative estimate of drug-likeness (QED) is 0.774. The molecule has 0 spiro atoms. The Morgan fingerprint density at radius 2 is 1.71 bits per heavy atom. The molecule has 1 saturated heterocycles. The normalized spacial score (nSPS) is 14.5. The van der Waals surface area contributed by atoms with E-state index in [-0.39, 0.29) is 17.9 Å². The van der Waals surface area contributed by atoms with Crippen LogP contribution in [-0.2, 0) is 16.0 Å². The van der Waals surface area contributed by atoms with Gasteiger partial charge >= 0.3 is 0 Å². The Bertz CT molecular complexity index is 772. The molecule has 0 aliphatic carbocycles. The van der Waals surface area contributed by atoms with Crippen LogP contribution < -0.4 is 10.1 Å². The first-order valence-corrected chi connectivity index (χ1v) is 9.97. The minimum atomic E-state index is 0.00311. The summed E-state index contributed by atoms with van der Waals surface area (Å²) in [6.07, 6.45) is 2.25. The lowest BCUT2D eigenvalue weighted by Gasteiger charge is -2.32. The van der Waals surface area contributed by atoms with Crippen molar-refractivity contribution in [2.75, 3.05) is 19.7 Å². The van der Waals surface area contributed by atoms with E-state index in [1.54, 1.807) is 12.1 Å². The minimum Gasteiger partial charge on any atom is -0.493 e. The van der Waals surface area contributed by atoms with Crippen molar-refractivity contribution in [3.63, 3.8) is 0 Å². The third kappa shape index (κ3) is 6.27. The standard InChI is InChI=1S/C22H25ClN2O3/c23-18-8-6-17(7-9-18)16-21(26)24-19-10-13-25(14-11-19)22(27)12-15-28-20-4-2-1-3-5-20/h1-9,19H,10-16H2,(H,24,26). The molecule has 1 aliphatic rings. The van der Waals surface area contributed by atoms with E-state index < -0.39 is 0 Å². The average molecular weight is 401 g/mol. The number of ether oxygens (including phenoxy) is 1. The topological polar surface area (TPSA) is 58.6 Å². The third-order valence-electron chi connectivity index (χ3n) is 4.82. The monoisotopic (exact) mass is 400 g/mol. The van der Waals surface area contributed by atoms with Crippen molar-refractivity contribution in [1.82, 2.24) is 10.2 Å². The van der Waals surface area contributed by atoms with Gasteiger partial charge in [-0.15, -0.1) is 0 Å². The zero-order valence-corrected chi connectivity index (χ0v) is 16.5. The van der Waals surface area contributed by atoms with Crippen LogP contribution in [0.15, 0.2) is 54.6 Å². The van der Waals surface area contributed by atoms with Crippen LogP contribution >= 0.6 is 11.6 Å². The number of hydrogen-bond acceptors (Lipinski definition) is 3. The Morgan fingerprint density at radius 3 is 2.39 bits per heavy atom. The van der Waals surface area contributed by atoms with E-state index in [0.29, 0.717) is 37.6 Å². The summed E-state index contributed by atoms with van der Waals surface area (Å²) in [5.74, 6) is 0.877. The second-order valence-corrected chi connectivity index (χ2v) is 7.37. The molecule has 1 heterocycles. The van der Waals surface area contributed by atoms with E-state index in [2.05, 4.69) is 5.32 Å². The molecule has 0 radical (unpaired) electrons. The largest absolute Gasteiger partial charge is 0.493 e. The van der Waals surface area contributed by atoms with E-state index >= 15 is 0 Å². The van der Waals surface area contributed by atoms with Gasteiger partial charge in [0.15, 0.2) is 0 Å². The average Bonchev–Trinajstić information content (AvgIpc) is 2.71. The highest BCUT2D eigenvalue weighted by atomic mass is 35.5. The van der Waals surface area contributed by atoms with Crippen molar-refractivity contribution < 1.29 is 14.3 Å². The maximum atomic E-state index is 12.3. The Hall–Kier alpha value is -2.53. The van der Waals surface area contributed by atoms with Crippen molar-refractivity contribution >= 4 is 23.4 Å². The summed E-state index contributed by atoms with van der Waals surface area (Å²) >= 11 is 5.87. The molecular weight excluding hydrogens is 376 g/mol. The molecule has 5 nitrogen and oxygen atoms in total. The minimum absolute atomic E-state index is 0.00311. The summed E-state index contributed by atoms with van der Waals surface area (Å²) in [4.78, 5) is 26.4. The van der Waals surface area contributed by atoms with Gasteiger partial charge in [-0.2, -0.15) is 0 Å². The summed E-state index contributed by atoms with van der Waals surface area (Å²) < 4.78 is 5.59. The number of nitrogens with zero attached hydrogens (tertiary/aromatic N) is 1. The molecule has 1 aliphatic heterocycles. The number of amides is 2. The van der Waals surface area contributed by atoms with Gasteiger partial charge in [0.25, 0.3) is 0 Å². The van der Waals surface area contributed by atoms with Crippen LogP contribution in [-0.4, -0.2) is 42.5 Å². The predicted octanol–water partition coefficient (Wildman–Crippen LogP) is 3.46. The molecule has 2 aromatic rings.